The first-order valence-corrected chi connectivity index (χ1v) is 11.1. The van der Waals surface area contributed by atoms with Gasteiger partial charge in [0.2, 0.25) is 0 Å². The maximum absolute atomic E-state index is 11.9. The molecule has 2 aromatic carbocycles. The molecule has 4 aromatic rings. The number of ether oxygens (including phenoxy) is 3. The summed E-state index contributed by atoms with van der Waals surface area (Å²) in [4.78, 5) is 16.7. The Bertz CT molecular complexity index is 1270. The third kappa shape index (κ3) is 4.56. The van der Waals surface area contributed by atoms with E-state index in [0.29, 0.717) is 23.7 Å². The Morgan fingerprint density at radius 3 is 2.18 bits per heavy atom. The predicted octanol–water partition coefficient (Wildman–Crippen LogP) is 5.36. The molecule has 0 saturated carbocycles. The summed E-state index contributed by atoms with van der Waals surface area (Å²) in [7, 11) is 4.83. The zero-order chi connectivity index (χ0) is 23.5. The lowest BCUT2D eigenvalue weighted by Crippen LogP contribution is -2.06. The lowest BCUT2D eigenvalue weighted by molar-refractivity contribution is 0.0696. The number of hydrogen-bond donors (Lipinski definition) is 1. The van der Waals surface area contributed by atoms with E-state index in [4.69, 9.17) is 19.2 Å². The van der Waals surface area contributed by atoms with Crippen molar-refractivity contribution in [2.24, 2.45) is 0 Å². The highest BCUT2D eigenvalue weighted by atomic mass is 32.1. The molecule has 170 valence electrons. The number of rotatable bonds is 8. The van der Waals surface area contributed by atoms with E-state index >= 15 is 0 Å². The maximum atomic E-state index is 11.9. The zero-order valence-corrected chi connectivity index (χ0v) is 19.6. The van der Waals surface area contributed by atoms with Crippen molar-refractivity contribution in [1.29, 1.82) is 0 Å². The van der Waals surface area contributed by atoms with Crippen LogP contribution in [0.15, 0.2) is 53.9 Å². The van der Waals surface area contributed by atoms with E-state index in [2.05, 4.69) is 0 Å². The zero-order valence-electron chi connectivity index (χ0n) is 18.8. The standard InChI is InChI=1S/C25H24N2O5S/c1-15-21(25(28)29)12-23(27(15)13-16-9-19(31-3)11-20(10-16)32-4)22-14-33-24(26-22)17-5-7-18(30-2)8-6-17/h5-12,14H,13H2,1-4H3,(H,28,29). The lowest BCUT2D eigenvalue weighted by Gasteiger charge is -2.13. The molecule has 0 unspecified atom stereocenters. The first-order valence-electron chi connectivity index (χ1n) is 10.2. The Balaban J connectivity index is 1.76. The molecule has 0 bridgehead atoms. The Labute approximate surface area is 195 Å². The molecule has 8 heteroatoms. The molecule has 33 heavy (non-hydrogen) atoms. The Kier molecular flexibility index (Phi) is 6.37. The SMILES string of the molecule is COc1ccc(-c2nc(-c3cc(C(=O)O)c(C)n3Cc3cc(OC)cc(OC)c3)cs2)cc1. The van der Waals surface area contributed by atoms with Gasteiger partial charge in [-0.2, -0.15) is 0 Å². The molecular formula is C25H24N2O5S. The van der Waals surface area contributed by atoms with Crippen molar-refractivity contribution in [3.63, 3.8) is 0 Å². The van der Waals surface area contributed by atoms with Crippen LogP contribution in [0.3, 0.4) is 0 Å². The van der Waals surface area contributed by atoms with Gasteiger partial charge in [-0.1, -0.05) is 0 Å². The van der Waals surface area contributed by atoms with Crippen LogP contribution in [0, 0.1) is 6.92 Å². The molecule has 1 N–H and O–H groups in total. The average molecular weight is 465 g/mol. The Morgan fingerprint density at radius 1 is 0.970 bits per heavy atom. The minimum atomic E-state index is -0.971. The smallest absolute Gasteiger partial charge is 0.337 e. The third-order valence-electron chi connectivity index (χ3n) is 5.45. The summed E-state index contributed by atoms with van der Waals surface area (Å²) in [5.74, 6) is 1.15. The summed E-state index contributed by atoms with van der Waals surface area (Å²) < 4.78 is 18.0. The Hall–Kier alpha value is -3.78. The number of thiazole rings is 1. The van der Waals surface area contributed by atoms with Gasteiger partial charge in [0.05, 0.1) is 38.3 Å². The van der Waals surface area contributed by atoms with Gasteiger partial charge in [0.25, 0.3) is 0 Å². The molecule has 0 aliphatic heterocycles. The molecule has 0 aliphatic rings. The number of benzene rings is 2. The molecule has 2 aromatic heterocycles. The van der Waals surface area contributed by atoms with Crippen molar-refractivity contribution in [3.05, 3.63) is 70.7 Å². The van der Waals surface area contributed by atoms with Gasteiger partial charge in [0.15, 0.2) is 0 Å². The van der Waals surface area contributed by atoms with Gasteiger partial charge in [-0.05, 0) is 55.0 Å². The minimum Gasteiger partial charge on any atom is -0.497 e. The summed E-state index contributed by atoms with van der Waals surface area (Å²) in [5.41, 5.74) is 4.25. The van der Waals surface area contributed by atoms with E-state index in [-0.39, 0.29) is 5.56 Å². The molecule has 4 rings (SSSR count). The highest BCUT2D eigenvalue weighted by molar-refractivity contribution is 7.13. The molecule has 2 heterocycles. The number of carbonyl (C=O) groups is 1. The first kappa shape index (κ1) is 22.4. The van der Waals surface area contributed by atoms with Crippen LogP contribution < -0.4 is 14.2 Å². The second-order valence-electron chi connectivity index (χ2n) is 7.41. The second-order valence-corrected chi connectivity index (χ2v) is 8.27. The topological polar surface area (TPSA) is 82.8 Å². The molecule has 0 spiro atoms. The molecule has 0 fully saturated rings. The van der Waals surface area contributed by atoms with Crippen molar-refractivity contribution in [2.75, 3.05) is 21.3 Å². The normalized spacial score (nSPS) is 10.8. The number of hydrogen-bond acceptors (Lipinski definition) is 6. The molecule has 0 aliphatic carbocycles. The molecule has 0 saturated heterocycles. The van der Waals surface area contributed by atoms with Crippen LogP contribution in [0.1, 0.15) is 21.6 Å². The number of methoxy groups -OCH3 is 3. The van der Waals surface area contributed by atoms with Gasteiger partial charge in [0.1, 0.15) is 22.3 Å². The van der Waals surface area contributed by atoms with Crippen LogP contribution in [0.25, 0.3) is 22.0 Å². The predicted molar refractivity (Wildman–Crippen MR) is 128 cm³/mol. The molecule has 0 radical (unpaired) electrons. The highest BCUT2D eigenvalue weighted by Gasteiger charge is 2.20. The van der Waals surface area contributed by atoms with E-state index in [9.17, 15) is 9.90 Å². The van der Waals surface area contributed by atoms with Crippen molar-refractivity contribution in [2.45, 2.75) is 13.5 Å². The minimum absolute atomic E-state index is 0.249. The van der Waals surface area contributed by atoms with E-state index in [1.807, 2.05) is 46.3 Å². The average Bonchev–Trinajstić information content (AvgIpc) is 3.44. The summed E-state index contributed by atoms with van der Waals surface area (Å²) in [6.07, 6.45) is 0. The highest BCUT2D eigenvalue weighted by Crippen LogP contribution is 2.33. The lowest BCUT2D eigenvalue weighted by atomic mass is 10.2. The van der Waals surface area contributed by atoms with E-state index in [1.54, 1.807) is 40.4 Å². The van der Waals surface area contributed by atoms with E-state index in [1.165, 1.54) is 11.3 Å². The van der Waals surface area contributed by atoms with Crippen LogP contribution in [0.5, 0.6) is 17.2 Å². The van der Waals surface area contributed by atoms with Crippen molar-refractivity contribution in [3.8, 4) is 39.2 Å². The monoisotopic (exact) mass is 464 g/mol. The van der Waals surface area contributed by atoms with Gasteiger partial charge in [-0.15, -0.1) is 11.3 Å². The van der Waals surface area contributed by atoms with E-state index in [0.717, 1.165) is 33.3 Å². The van der Waals surface area contributed by atoms with Gasteiger partial charge in [-0.25, -0.2) is 9.78 Å². The summed E-state index contributed by atoms with van der Waals surface area (Å²) in [6.45, 7) is 2.25. The maximum Gasteiger partial charge on any atom is 0.337 e. The number of nitrogens with zero attached hydrogens (tertiary/aromatic N) is 2. The van der Waals surface area contributed by atoms with Gasteiger partial charge in [0, 0.05) is 29.2 Å². The summed E-state index contributed by atoms with van der Waals surface area (Å²) in [6, 6.07) is 15.0. The molecular weight excluding hydrogens is 440 g/mol. The third-order valence-corrected chi connectivity index (χ3v) is 6.34. The Morgan fingerprint density at radius 2 is 1.61 bits per heavy atom. The van der Waals surface area contributed by atoms with Gasteiger partial charge in [-0.3, -0.25) is 0 Å². The quantitative estimate of drug-likeness (QED) is 0.378. The van der Waals surface area contributed by atoms with Gasteiger partial charge < -0.3 is 23.9 Å². The van der Waals surface area contributed by atoms with Crippen LogP contribution in [0.4, 0.5) is 0 Å². The fourth-order valence-electron chi connectivity index (χ4n) is 3.68. The van der Waals surface area contributed by atoms with Crippen LogP contribution in [-0.2, 0) is 6.54 Å². The number of carboxylic acid groups (broad SMARTS) is 1. The first-order chi connectivity index (χ1) is 15.9. The summed E-state index contributed by atoms with van der Waals surface area (Å²) in [5, 5.41) is 12.5. The van der Waals surface area contributed by atoms with Crippen LogP contribution >= 0.6 is 11.3 Å². The molecule has 0 amide bonds. The van der Waals surface area contributed by atoms with E-state index < -0.39 is 5.97 Å². The fraction of sp³-hybridized carbons (Fsp3) is 0.200. The van der Waals surface area contributed by atoms with Crippen molar-refractivity contribution >= 4 is 17.3 Å². The number of aromatic carboxylic acids is 1. The number of aromatic nitrogens is 2. The second kappa shape index (κ2) is 9.38. The molecule has 0 atom stereocenters. The molecule has 7 nitrogen and oxygen atoms in total. The van der Waals surface area contributed by atoms with Crippen molar-refractivity contribution < 1.29 is 24.1 Å². The van der Waals surface area contributed by atoms with Crippen LogP contribution in [-0.4, -0.2) is 42.0 Å². The largest absolute Gasteiger partial charge is 0.497 e. The number of carboxylic acids is 1. The fourth-order valence-corrected chi connectivity index (χ4v) is 4.50. The van der Waals surface area contributed by atoms with Crippen molar-refractivity contribution in [1.82, 2.24) is 9.55 Å². The summed E-state index contributed by atoms with van der Waals surface area (Å²) >= 11 is 1.51. The van der Waals surface area contributed by atoms with Crippen LogP contribution in [0.2, 0.25) is 0 Å². The van der Waals surface area contributed by atoms with Gasteiger partial charge >= 0.3 is 5.97 Å².